The Bertz CT molecular complexity index is 1180. The number of piperazine rings is 1. The standard InChI is InChI=1S/C25H26ClFN2O5/c1-24(2,3)34-23(30)29-11-10-28(19-13-31-14-20(19)29)18-6-5-7-21-22(18)33-25(4,32-21)16-9-8-15(26)12-17(16)27/h5-9,12,14,19H,10-11,13H2,1-4H3/t19-,25?/m1/s1. The Morgan fingerprint density at radius 1 is 1.21 bits per heavy atom. The van der Waals surface area contributed by atoms with Crippen molar-refractivity contribution in [3.05, 3.63) is 64.8 Å². The van der Waals surface area contributed by atoms with Crippen LogP contribution in [0, 0.1) is 5.82 Å². The van der Waals surface area contributed by atoms with Gasteiger partial charge < -0.3 is 23.8 Å². The van der Waals surface area contributed by atoms with Crippen molar-refractivity contribution in [1.82, 2.24) is 4.90 Å². The molecule has 2 aromatic carbocycles. The van der Waals surface area contributed by atoms with Crippen molar-refractivity contribution in [3.63, 3.8) is 0 Å². The fourth-order valence-electron chi connectivity index (χ4n) is 4.48. The van der Waals surface area contributed by atoms with Gasteiger partial charge >= 0.3 is 6.09 Å². The molecule has 1 unspecified atom stereocenters. The number of rotatable bonds is 2. The average molecular weight is 489 g/mol. The van der Waals surface area contributed by atoms with E-state index < -0.39 is 23.3 Å². The van der Waals surface area contributed by atoms with Gasteiger partial charge in [-0.1, -0.05) is 17.7 Å². The normalized spacial score (nSPS) is 23.4. The van der Waals surface area contributed by atoms with Crippen LogP contribution in [0.1, 0.15) is 33.3 Å². The van der Waals surface area contributed by atoms with E-state index in [9.17, 15) is 9.18 Å². The molecule has 34 heavy (non-hydrogen) atoms. The third-order valence-corrected chi connectivity index (χ3v) is 6.19. The number of hydrogen-bond acceptors (Lipinski definition) is 6. The van der Waals surface area contributed by atoms with Crippen LogP contribution in [0.15, 0.2) is 48.4 Å². The Balaban J connectivity index is 1.43. The molecule has 0 spiro atoms. The van der Waals surface area contributed by atoms with Gasteiger partial charge in [0.05, 0.1) is 16.9 Å². The molecule has 9 heteroatoms. The van der Waals surface area contributed by atoms with Crippen molar-refractivity contribution in [2.24, 2.45) is 0 Å². The highest BCUT2D eigenvalue weighted by Gasteiger charge is 2.45. The second kappa shape index (κ2) is 7.98. The molecule has 0 saturated carbocycles. The molecule has 2 atom stereocenters. The van der Waals surface area contributed by atoms with Crippen molar-refractivity contribution >= 4 is 23.4 Å². The van der Waals surface area contributed by atoms with Crippen molar-refractivity contribution in [1.29, 1.82) is 0 Å². The average Bonchev–Trinajstić information content (AvgIpc) is 3.36. The molecule has 0 radical (unpaired) electrons. The van der Waals surface area contributed by atoms with E-state index >= 15 is 0 Å². The molecule has 2 aromatic rings. The number of anilines is 1. The number of amides is 1. The molecule has 0 aromatic heterocycles. The summed E-state index contributed by atoms with van der Waals surface area (Å²) in [6, 6.07) is 9.76. The van der Waals surface area contributed by atoms with Crippen LogP contribution in [-0.4, -0.2) is 42.3 Å². The second-order valence-corrected chi connectivity index (χ2v) is 10.0. The zero-order chi connectivity index (χ0) is 24.3. The topological polar surface area (TPSA) is 60.5 Å². The predicted molar refractivity (Wildman–Crippen MR) is 125 cm³/mol. The quantitative estimate of drug-likeness (QED) is 0.562. The smallest absolute Gasteiger partial charge is 0.414 e. The fourth-order valence-corrected chi connectivity index (χ4v) is 4.64. The van der Waals surface area contributed by atoms with Crippen LogP contribution in [0.5, 0.6) is 11.5 Å². The van der Waals surface area contributed by atoms with Crippen LogP contribution in [0.4, 0.5) is 14.9 Å². The third kappa shape index (κ3) is 3.90. The van der Waals surface area contributed by atoms with Gasteiger partial charge in [-0.3, -0.25) is 4.90 Å². The highest BCUT2D eigenvalue weighted by Crippen LogP contribution is 2.51. The maximum atomic E-state index is 14.7. The van der Waals surface area contributed by atoms with Gasteiger partial charge in [0.25, 0.3) is 5.79 Å². The van der Waals surface area contributed by atoms with E-state index in [1.54, 1.807) is 36.3 Å². The minimum Gasteiger partial charge on any atom is -0.497 e. The maximum Gasteiger partial charge on any atom is 0.414 e. The molecule has 1 fully saturated rings. The summed E-state index contributed by atoms with van der Waals surface area (Å²) in [5.41, 5.74) is 1.15. The first-order valence-electron chi connectivity index (χ1n) is 11.1. The lowest BCUT2D eigenvalue weighted by Gasteiger charge is -2.41. The fraction of sp³-hybridized carbons (Fsp3) is 0.400. The first-order valence-corrected chi connectivity index (χ1v) is 11.5. The van der Waals surface area contributed by atoms with Crippen molar-refractivity contribution < 1.29 is 28.1 Å². The van der Waals surface area contributed by atoms with Crippen LogP contribution < -0.4 is 14.4 Å². The van der Waals surface area contributed by atoms with Gasteiger partial charge in [-0.05, 0) is 51.1 Å². The minimum absolute atomic E-state index is 0.213. The van der Waals surface area contributed by atoms with Crippen LogP contribution in [0.2, 0.25) is 5.02 Å². The van der Waals surface area contributed by atoms with Gasteiger partial charge in [0.15, 0.2) is 11.5 Å². The van der Waals surface area contributed by atoms with E-state index in [-0.39, 0.29) is 11.6 Å². The summed E-state index contributed by atoms with van der Waals surface area (Å²) in [5, 5.41) is 0.296. The van der Waals surface area contributed by atoms with Crippen molar-refractivity contribution in [3.8, 4) is 11.5 Å². The Labute approximate surface area is 202 Å². The van der Waals surface area contributed by atoms with Gasteiger partial charge in [-0.25, -0.2) is 9.18 Å². The number of ether oxygens (including phenoxy) is 4. The monoisotopic (exact) mass is 488 g/mol. The third-order valence-electron chi connectivity index (χ3n) is 5.96. The van der Waals surface area contributed by atoms with Gasteiger partial charge in [0, 0.05) is 25.0 Å². The number of carbonyl (C=O) groups excluding carboxylic acids is 1. The van der Waals surface area contributed by atoms with E-state index in [0.29, 0.717) is 36.2 Å². The number of hydrogen-bond donors (Lipinski definition) is 0. The van der Waals surface area contributed by atoms with Crippen molar-refractivity contribution in [2.75, 3.05) is 24.6 Å². The summed E-state index contributed by atoms with van der Waals surface area (Å²) in [7, 11) is 0. The lowest BCUT2D eigenvalue weighted by molar-refractivity contribution is -0.0705. The molecule has 3 heterocycles. The predicted octanol–water partition coefficient (Wildman–Crippen LogP) is 5.42. The summed E-state index contributed by atoms with van der Waals surface area (Å²) in [4.78, 5) is 16.5. The Hall–Kier alpha value is -3.13. The van der Waals surface area contributed by atoms with E-state index in [2.05, 4.69) is 4.90 Å². The summed E-state index contributed by atoms with van der Waals surface area (Å²) in [6.45, 7) is 8.50. The highest BCUT2D eigenvalue weighted by molar-refractivity contribution is 6.30. The van der Waals surface area contributed by atoms with E-state index in [4.69, 9.17) is 30.5 Å². The van der Waals surface area contributed by atoms with Gasteiger partial charge in [-0.2, -0.15) is 0 Å². The summed E-state index contributed by atoms with van der Waals surface area (Å²) >= 11 is 5.92. The second-order valence-electron chi connectivity index (χ2n) is 9.60. The lowest BCUT2D eigenvalue weighted by atomic mass is 10.1. The SMILES string of the molecule is CC(C)(C)OC(=O)N1CCN(c2cccc3c2OC(C)(c2ccc(Cl)cc2F)O3)[C@@H]2COC=C21. The van der Waals surface area contributed by atoms with Gasteiger partial charge in [0.2, 0.25) is 0 Å². The van der Waals surface area contributed by atoms with Crippen LogP contribution in [0.25, 0.3) is 0 Å². The first kappa shape index (κ1) is 22.7. The summed E-state index contributed by atoms with van der Waals surface area (Å²) < 4.78 is 38.3. The highest BCUT2D eigenvalue weighted by atomic mass is 35.5. The zero-order valence-electron chi connectivity index (χ0n) is 19.4. The molecule has 0 N–H and O–H groups in total. The first-order chi connectivity index (χ1) is 16.1. The van der Waals surface area contributed by atoms with E-state index in [1.807, 2.05) is 32.9 Å². The zero-order valence-corrected chi connectivity index (χ0v) is 20.2. The maximum absolute atomic E-state index is 14.7. The Kier molecular flexibility index (Phi) is 5.31. The summed E-state index contributed by atoms with van der Waals surface area (Å²) in [5.74, 6) is -0.842. The number of nitrogens with zero attached hydrogens (tertiary/aromatic N) is 2. The lowest BCUT2D eigenvalue weighted by Crippen LogP contribution is -2.54. The van der Waals surface area contributed by atoms with Crippen LogP contribution >= 0.6 is 11.6 Å². The molecular formula is C25H26ClFN2O5. The van der Waals surface area contributed by atoms with E-state index in [1.165, 1.54) is 6.07 Å². The minimum atomic E-state index is -1.35. The molecule has 3 aliphatic rings. The van der Waals surface area contributed by atoms with Crippen LogP contribution in [0.3, 0.4) is 0 Å². The summed E-state index contributed by atoms with van der Waals surface area (Å²) in [6.07, 6.45) is 1.20. The molecule has 1 amide bonds. The number of para-hydroxylation sites is 1. The van der Waals surface area contributed by atoms with Gasteiger partial charge in [0.1, 0.15) is 30.3 Å². The molecule has 0 aliphatic carbocycles. The molecule has 5 rings (SSSR count). The molecule has 7 nitrogen and oxygen atoms in total. The van der Waals surface area contributed by atoms with Crippen LogP contribution in [-0.2, 0) is 15.3 Å². The van der Waals surface area contributed by atoms with Gasteiger partial charge in [-0.15, -0.1) is 0 Å². The largest absolute Gasteiger partial charge is 0.497 e. The molecular weight excluding hydrogens is 463 g/mol. The number of halogens is 2. The number of benzene rings is 2. The Morgan fingerprint density at radius 2 is 2.00 bits per heavy atom. The molecule has 1 saturated heterocycles. The van der Waals surface area contributed by atoms with Crippen molar-refractivity contribution in [2.45, 2.75) is 45.1 Å². The number of fused-ring (bicyclic) bond motifs is 2. The molecule has 3 aliphatic heterocycles. The molecule has 0 bridgehead atoms. The number of carbonyl (C=O) groups is 1. The Morgan fingerprint density at radius 3 is 2.74 bits per heavy atom. The molecule has 180 valence electrons. The van der Waals surface area contributed by atoms with E-state index in [0.717, 1.165) is 11.4 Å².